The number of halogens is 1. The maximum atomic E-state index is 6.48. The summed E-state index contributed by atoms with van der Waals surface area (Å²) >= 11 is 6.20. The van der Waals surface area contributed by atoms with E-state index in [0.717, 1.165) is 17.0 Å². The summed E-state index contributed by atoms with van der Waals surface area (Å²) in [6.45, 7) is 4.14. The van der Waals surface area contributed by atoms with Crippen LogP contribution in [0.2, 0.25) is 5.02 Å². The van der Waals surface area contributed by atoms with Crippen molar-refractivity contribution in [3.63, 3.8) is 0 Å². The summed E-state index contributed by atoms with van der Waals surface area (Å²) in [6, 6.07) is 16.1. The Bertz CT molecular complexity index is 546. The minimum atomic E-state index is -0.406. The van der Waals surface area contributed by atoms with E-state index in [-0.39, 0.29) is 0 Å². The van der Waals surface area contributed by atoms with Crippen LogP contribution in [-0.2, 0) is 12.0 Å². The number of benzene rings is 2. The molecule has 0 aliphatic rings. The Labute approximate surface area is 114 Å². The summed E-state index contributed by atoms with van der Waals surface area (Å²) in [4.78, 5) is 0. The summed E-state index contributed by atoms with van der Waals surface area (Å²) in [5, 5.41) is 0.780. The molecule has 0 saturated carbocycles. The van der Waals surface area contributed by atoms with Crippen LogP contribution >= 0.6 is 11.6 Å². The zero-order chi connectivity index (χ0) is 13.2. The molecule has 94 valence electrons. The highest BCUT2D eigenvalue weighted by molar-refractivity contribution is 6.31. The molecule has 0 aliphatic heterocycles. The lowest BCUT2D eigenvalue weighted by atomic mass is 9.84. The molecule has 2 aromatic carbocycles. The minimum absolute atomic E-state index is 0.406. The monoisotopic (exact) mass is 259 g/mol. The maximum absolute atomic E-state index is 6.48. The highest BCUT2D eigenvalue weighted by Gasteiger charge is 2.24. The Morgan fingerprint density at radius 2 is 1.67 bits per heavy atom. The van der Waals surface area contributed by atoms with Crippen LogP contribution in [0.25, 0.3) is 0 Å². The van der Waals surface area contributed by atoms with Gasteiger partial charge in [-0.1, -0.05) is 54.1 Å². The first kappa shape index (κ1) is 13.1. The van der Waals surface area contributed by atoms with Crippen molar-refractivity contribution in [2.75, 3.05) is 0 Å². The summed E-state index contributed by atoms with van der Waals surface area (Å²) in [5.41, 5.74) is 9.55. The van der Waals surface area contributed by atoms with Crippen LogP contribution in [-0.4, -0.2) is 0 Å². The summed E-state index contributed by atoms with van der Waals surface area (Å²) < 4.78 is 0. The van der Waals surface area contributed by atoms with Crippen LogP contribution in [0.5, 0.6) is 0 Å². The molecule has 0 bridgehead atoms. The van der Waals surface area contributed by atoms with Gasteiger partial charge in [0, 0.05) is 10.6 Å². The molecule has 1 nitrogen and oxygen atoms in total. The molecule has 2 N–H and O–H groups in total. The van der Waals surface area contributed by atoms with E-state index in [1.54, 1.807) is 0 Å². The summed E-state index contributed by atoms with van der Waals surface area (Å²) in [5.74, 6) is 0. The average Bonchev–Trinajstić information content (AvgIpc) is 2.32. The van der Waals surface area contributed by atoms with Gasteiger partial charge in [0.2, 0.25) is 0 Å². The van der Waals surface area contributed by atoms with Crippen LogP contribution in [0.4, 0.5) is 0 Å². The van der Waals surface area contributed by atoms with Crippen LogP contribution in [0, 0.1) is 6.92 Å². The van der Waals surface area contributed by atoms with E-state index in [0.29, 0.717) is 0 Å². The van der Waals surface area contributed by atoms with Gasteiger partial charge in [-0.15, -0.1) is 0 Å². The van der Waals surface area contributed by atoms with Gasteiger partial charge in [-0.25, -0.2) is 0 Å². The van der Waals surface area contributed by atoms with Crippen molar-refractivity contribution in [3.8, 4) is 0 Å². The van der Waals surface area contributed by atoms with Gasteiger partial charge in [-0.3, -0.25) is 0 Å². The predicted octanol–water partition coefficient (Wildman–Crippen LogP) is 4.07. The highest BCUT2D eigenvalue weighted by atomic mass is 35.5. The molecular formula is C16H18ClN. The summed E-state index contributed by atoms with van der Waals surface area (Å²) in [7, 11) is 0. The molecule has 1 unspecified atom stereocenters. The molecule has 0 saturated heterocycles. The Hall–Kier alpha value is -1.31. The molecule has 0 heterocycles. The second-order valence-corrected chi connectivity index (χ2v) is 5.41. The highest BCUT2D eigenvalue weighted by Crippen LogP contribution is 2.28. The van der Waals surface area contributed by atoms with E-state index in [1.807, 2.05) is 36.4 Å². The third-order valence-electron chi connectivity index (χ3n) is 3.28. The van der Waals surface area contributed by atoms with Gasteiger partial charge in [0.05, 0.1) is 0 Å². The molecule has 0 amide bonds. The van der Waals surface area contributed by atoms with Gasteiger partial charge >= 0.3 is 0 Å². The first-order valence-electron chi connectivity index (χ1n) is 6.09. The largest absolute Gasteiger partial charge is 0.321 e. The fourth-order valence-electron chi connectivity index (χ4n) is 2.35. The van der Waals surface area contributed by atoms with Gasteiger partial charge in [-0.2, -0.15) is 0 Å². The molecule has 0 spiro atoms. The average molecular weight is 260 g/mol. The van der Waals surface area contributed by atoms with E-state index in [2.05, 4.69) is 26.0 Å². The van der Waals surface area contributed by atoms with E-state index >= 15 is 0 Å². The van der Waals surface area contributed by atoms with E-state index in [4.69, 9.17) is 17.3 Å². The lowest BCUT2D eigenvalue weighted by Crippen LogP contribution is -2.36. The lowest BCUT2D eigenvalue weighted by molar-refractivity contribution is 0.488. The fraction of sp³-hybridized carbons (Fsp3) is 0.250. The van der Waals surface area contributed by atoms with Crippen molar-refractivity contribution < 1.29 is 0 Å². The second-order valence-electron chi connectivity index (χ2n) is 5.00. The molecule has 0 aromatic heterocycles. The molecule has 1 atom stereocenters. The zero-order valence-electron chi connectivity index (χ0n) is 10.8. The van der Waals surface area contributed by atoms with Gasteiger partial charge in [0.15, 0.2) is 0 Å². The molecule has 2 aromatic rings. The Morgan fingerprint density at radius 1 is 1.06 bits per heavy atom. The van der Waals surface area contributed by atoms with Crippen LogP contribution in [0.1, 0.15) is 23.6 Å². The van der Waals surface area contributed by atoms with Crippen molar-refractivity contribution in [2.45, 2.75) is 25.8 Å². The molecule has 2 heteroatoms. The van der Waals surface area contributed by atoms with E-state index in [1.165, 1.54) is 11.1 Å². The topological polar surface area (TPSA) is 26.0 Å². The second kappa shape index (κ2) is 5.13. The van der Waals surface area contributed by atoms with Crippen LogP contribution < -0.4 is 5.73 Å². The van der Waals surface area contributed by atoms with Crippen molar-refractivity contribution in [3.05, 3.63) is 70.2 Å². The van der Waals surface area contributed by atoms with Gasteiger partial charge in [0.25, 0.3) is 0 Å². The smallest absolute Gasteiger partial charge is 0.0438 e. The maximum Gasteiger partial charge on any atom is 0.0438 e. The molecule has 0 aliphatic carbocycles. The van der Waals surface area contributed by atoms with Crippen molar-refractivity contribution in [1.82, 2.24) is 0 Å². The molecular weight excluding hydrogens is 242 g/mol. The number of hydrogen-bond donors (Lipinski definition) is 1. The SMILES string of the molecule is Cc1ccccc1C(C)(N)Cc1ccccc1Cl. The number of nitrogens with two attached hydrogens (primary N) is 1. The van der Waals surface area contributed by atoms with Crippen LogP contribution in [0.3, 0.4) is 0 Å². The molecule has 18 heavy (non-hydrogen) atoms. The number of hydrogen-bond acceptors (Lipinski definition) is 1. The third-order valence-corrected chi connectivity index (χ3v) is 3.64. The fourth-order valence-corrected chi connectivity index (χ4v) is 2.55. The number of aryl methyl sites for hydroxylation is 1. The van der Waals surface area contributed by atoms with Gasteiger partial charge < -0.3 is 5.73 Å². The zero-order valence-corrected chi connectivity index (χ0v) is 11.5. The van der Waals surface area contributed by atoms with Crippen molar-refractivity contribution in [2.24, 2.45) is 5.73 Å². The Balaban J connectivity index is 2.33. The number of rotatable bonds is 3. The summed E-state index contributed by atoms with van der Waals surface area (Å²) in [6.07, 6.45) is 0.734. The van der Waals surface area contributed by atoms with Crippen molar-refractivity contribution >= 4 is 11.6 Å². The quantitative estimate of drug-likeness (QED) is 0.884. The third kappa shape index (κ3) is 2.74. The van der Waals surface area contributed by atoms with E-state index < -0.39 is 5.54 Å². The molecule has 0 fully saturated rings. The molecule has 0 radical (unpaired) electrons. The minimum Gasteiger partial charge on any atom is -0.321 e. The lowest BCUT2D eigenvalue weighted by Gasteiger charge is -2.27. The standard InChI is InChI=1S/C16H18ClN/c1-12-7-3-5-9-14(12)16(2,18)11-13-8-4-6-10-15(13)17/h3-10H,11,18H2,1-2H3. The van der Waals surface area contributed by atoms with E-state index in [9.17, 15) is 0 Å². The Morgan fingerprint density at radius 3 is 2.33 bits per heavy atom. The molecule has 2 rings (SSSR count). The first-order chi connectivity index (χ1) is 8.50. The first-order valence-corrected chi connectivity index (χ1v) is 6.47. The van der Waals surface area contributed by atoms with Crippen molar-refractivity contribution in [1.29, 1.82) is 0 Å². The predicted molar refractivity (Wildman–Crippen MR) is 77.9 cm³/mol. The normalized spacial score (nSPS) is 14.2. The van der Waals surface area contributed by atoms with Gasteiger partial charge in [-0.05, 0) is 43.0 Å². The van der Waals surface area contributed by atoms with Gasteiger partial charge in [0.1, 0.15) is 0 Å². The Kier molecular flexibility index (Phi) is 3.74. The van der Waals surface area contributed by atoms with Crippen LogP contribution in [0.15, 0.2) is 48.5 Å².